The summed E-state index contributed by atoms with van der Waals surface area (Å²) in [4.78, 5) is 20.3. The minimum absolute atomic E-state index is 0.102. The first-order chi connectivity index (χ1) is 23.9. The number of ether oxygens (including phenoxy) is 2. The summed E-state index contributed by atoms with van der Waals surface area (Å²) in [6, 6.07) is 10.6. The first-order valence-corrected chi connectivity index (χ1v) is 24.3. The van der Waals surface area contributed by atoms with Crippen molar-refractivity contribution in [3.8, 4) is 5.69 Å². The van der Waals surface area contributed by atoms with Crippen molar-refractivity contribution in [2.75, 3.05) is 18.1 Å². The van der Waals surface area contributed by atoms with Gasteiger partial charge in [-0.1, -0.05) is 45.3 Å². The molecule has 0 bridgehead atoms. The number of halogens is 4. The number of carbonyl (C=O) groups is 1. The number of nitrogens with zero attached hydrogens (tertiary/aromatic N) is 7. The van der Waals surface area contributed by atoms with Crippen molar-refractivity contribution in [2.24, 2.45) is 0 Å². The summed E-state index contributed by atoms with van der Waals surface area (Å²) in [7, 11) is -2.58. The van der Waals surface area contributed by atoms with Crippen LogP contribution in [-0.2, 0) is 29.1 Å². The average molecular weight is 742 g/mol. The van der Waals surface area contributed by atoms with Gasteiger partial charge >= 0.3 is 6.18 Å². The van der Waals surface area contributed by atoms with E-state index in [9.17, 15) is 18.0 Å². The molecule has 6 rings (SSSR count). The molecule has 2 aromatic carbocycles. The van der Waals surface area contributed by atoms with E-state index in [2.05, 4.69) is 54.5 Å². The Morgan fingerprint density at radius 3 is 2.20 bits per heavy atom. The van der Waals surface area contributed by atoms with E-state index in [1.165, 1.54) is 17.0 Å². The van der Waals surface area contributed by atoms with Crippen LogP contribution < -0.4 is 4.90 Å². The molecular formula is C35H43F4N7O3Si2. The summed E-state index contributed by atoms with van der Waals surface area (Å²) in [5.41, 5.74) is 2.59. The monoisotopic (exact) mass is 741 g/mol. The largest absolute Gasteiger partial charge is 0.419 e. The second kappa shape index (κ2) is 13.8. The lowest BCUT2D eigenvalue weighted by Gasteiger charge is -2.27. The highest BCUT2D eigenvalue weighted by Gasteiger charge is 2.44. The van der Waals surface area contributed by atoms with Crippen LogP contribution in [0.25, 0.3) is 16.7 Å². The maximum absolute atomic E-state index is 16.2. The third-order valence-electron chi connectivity index (χ3n) is 8.98. The van der Waals surface area contributed by atoms with Gasteiger partial charge in [-0.25, -0.2) is 18.7 Å². The lowest BCUT2D eigenvalue weighted by Crippen LogP contribution is -2.30. The van der Waals surface area contributed by atoms with Crippen LogP contribution in [0.1, 0.15) is 38.9 Å². The van der Waals surface area contributed by atoms with Crippen LogP contribution >= 0.6 is 0 Å². The number of rotatable bonds is 13. The van der Waals surface area contributed by atoms with E-state index in [0.29, 0.717) is 48.6 Å². The van der Waals surface area contributed by atoms with Gasteiger partial charge in [0.25, 0.3) is 5.91 Å². The highest BCUT2D eigenvalue weighted by molar-refractivity contribution is 6.76. The number of alkyl halides is 3. The van der Waals surface area contributed by atoms with E-state index in [1.54, 1.807) is 23.1 Å². The van der Waals surface area contributed by atoms with E-state index in [4.69, 9.17) is 9.47 Å². The number of imidazole rings is 1. The molecule has 4 heterocycles. The SMILES string of the molecule is Cc1c2c(nn1COCC[Si](C)(C)C)C(=O)N(c1ccc3c(c1)ncn3COCC[Si](C)(C)C)C2c1ccc(-n2cc(C(F)(F)F)cn2)cc1F. The van der Waals surface area contributed by atoms with Gasteiger partial charge in [-0.3, -0.25) is 9.69 Å². The van der Waals surface area contributed by atoms with Crippen LogP contribution in [0, 0.1) is 12.7 Å². The van der Waals surface area contributed by atoms with E-state index in [0.717, 1.165) is 34.5 Å². The van der Waals surface area contributed by atoms with Gasteiger partial charge in [0, 0.05) is 58.1 Å². The van der Waals surface area contributed by atoms with Crippen molar-refractivity contribution in [3.63, 3.8) is 0 Å². The number of aromatic nitrogens is 6. The molecular weight excluding hydrogens is 699 g/mol. The summed E-state index contributed by atoms with van der Waals surface area (Å²) in [6.45, 7) is 17.2. The normalized spacial score (nSPS) is 15.4. The summed E-state index contributed by atoms with van der Waals surface area (Å²) in [5.74, 6) is -1.13. The molecule has 16 heteroatoms. The minimum Gasteiger partial charge on any atom is -0.361 e. The van der Waals surface area contributed by atoms with Gasteiger partial charge in [0.15, 0.2) is 5.69 Å². The van der Waals surface area contributed by atoms with Crippen LogP contribution in [0.5, 0.6) is 0 Å². The van der Waals surface area contributed by atoms with E-state index < -0.39 is 45.7 Å². The van der Waals surface area contributed by atoms with Crippen LogP contribution in [0.2, 0.25) is 51.4 Å². The lowest BCUT2D eigenvalue weighted by atomic mass is 9.97. The molecule has 1 aliphatic rings. The fraction of sp³-hybridized carbons (Fsp3) is 0.429. The van der Waals surface area contributed by atoms with Crippen molar-refractivity contribution in [2.45, 2.75) is 84.0 Å². The van der Waals surface area contributed by atoms with Crippen molar-refractivity contribution in [1.29, 1.82) is 0 Å². The molecule has 1 aliphatic heterocycles. The van der Waals surface area contributed by atoms with Gasteiger partial charge in [0.2, 0.25) is 0 Å². The van der Waals surface area contributed by atoms with Gasteiger partial charge < -0.3 is 14.0 Å². The van der Waals surface area contributed by atoms with Crippen LogP contribution in [0.3, 0.4) is 0 Å². The van der Waals surface area contributed by atoms with Crippen molar-refractivity contribution in [3.05, 3.63) is 89.0 Å². The highest BCUT2D eigenvalue weighted by Crippen LogP contribution is 2.44. The molecule has 0 saturated heterocycles. The number of hydrogen-bond acceptors (Lipinski definition) is 6. The Labute approximate surface area is 296 Å². The molecule has 0 radical (unpaired) electrons. The van der Waals surface area contributed by atoms with Gasteiger partial charge in [-0.15, -0.1) is 0 Å². The maximum atomic E-state index is 16.2. The number of fused-ring (bicyclic) bond motifs is 2. The number of carbonyl (C=O) groups excluding carboxylic acids is 1. The molecule has 0 aliphatic carbocycles. The molecule has 0 saturated carbocycles. The Morgan fingerprint density at radius 2 is 1.57 bits per heavy atom. The first-order valence-electron chi connectivity index (χ1n) is 16.8. The molecule has 1 amide bonds. The van der Waals surface area contributed by atoms with E-state index in [1.807, 2.05) is 17.6 Å². The second-order valence-electron chi connectivity index (χ2n) is 15.4. The number of hydrogen-bond donors (Lipinski definition) is 0. The van der Waals surface area contributed by atoms with Gasteiger partial charge in [0.05, 0.1) is 40.9 Å². The summed E-state index contributed by atoms with van der Waals surface area (Å²) in [5, 5.41) is 8.43. The Bertz CT molecular complexity index is 2060. The third-order valence-corrected chi connectivity index (χ3v) is 12.4. The predicted octanol–water partition coefficient (Wildman–Crippen LogP) is 8.26. The molecule has 1 atom stereocenters. The zero-order valence-electron chi connectivity index (χ0n) is 29.9. The fourth-order valence-electron chi connectivity index (χ4n) is 5.96. The van der Waals surface area contributed by atoms with Gasteiger partial charge in [-0.2, -0.15) is 23.4 Å². The molecule has 5 aromatic rings. The average Bonchev–Trinajstić information content (AvgIpc) is 3.81. The highest BCUT2D eigenvalue weighted by atomic mass is 28.3. The predicted molar refractivity (Wildman–Crippen MR) is 192 cm³/mol. The van der Waals surface area contributed by atoms with Crippen LogP contribution in [0.4, 0.5) is 23.2 Å². The lowest BCUT2D eigenvalue weighted by molar-refractivity contribution is -0.137. The maximum Gasteiger partial charge on any atom is 0.419 e. The fourth-order valence-corrected chi connectivity index (χ4v) is 7.47. The van der Waals surface area contributed by atoms with Crippen LogP contribution in [-0.4, -0.2) is 64.4 Å². The third kappa shape index (κ3) is 7.88. The second-order valence-corrected chi connectivity index (χ2v) is 26.6. The van der Waals surface area contributed by atoms with Crippen LogP contribution in [0.15, 0.2) is 55.1 Å². The molecule has 0 fully saturated rings. The minimum atomic E-state index is -4.59. The molecule has 1 unspecified atom stereocenters. The van der Waals surface area contributed by atoms with Gasteiger partial charge in [0.1, 0.15) is 19.3 Å². The molecule has 51 heavy (non-hydrogen) atoms. The number of benzene rings is 2. The topological polar surface area (TPSA) is 92.2 Å². The Balaban J connectivity index is 1.35. The number of amides is 1. The smallest absolute Gasteiger partial charge is 0.361 e. The molecule has 3 aromatic heterocycles. The molecule has 0 spiro atoms. The standard InChI is InChI=1S/C35H43F4N7O3Si2/c1-23-31-32(42-45(23)22-49-13-15-51(5,6)7)34(47)46(26-9-11-30-29(17-26)40-20-43(30)21-48-12-14-50(2,3)4)33(31)27-10-8-25(16-28(27)36)44-19-24(18-41-44)35(37,38)39/h8-11,16-20,33H,12-15,21-22H2,1-7H3. The quantitative estimate of drug-likeness (QED) is 0.0686. The zero-order valence-corrected chi connectivity index (χ0v) is 31.9. The summed E-state index contributed by atoms with van der Waals surface area (Å²) in [6.07, 6.45) is -1.41. The Morgan fingerprint density at radius 1 is 0.902 bits per heavy atom. The summed E-state index contributed by atoms with van der Waals surface area (Å²) < 4.78 is 72.4. The van der Waals surface area contributed by atoms with Gasteiger partial charge in [-0.05, 0) is 49.3 Å². The van der Waals surface area contributed by atoms with Crippen molar-refractivity contribution < 1.29 is 31.8 Å². The van der Waals surface area contributed by atoms with Crippen molar-refractivity contribution >= 4 is 38.8 Å². The molecule has 10 nitrogen and oxygen atoms in total. The first kappa shape index (κ1) is 36.7. The Kier molecular flexibility index (Phi) is 9.90. The molecule has 272 valence electrons. The van der Waals surface area contributed by atoms with E-state index in [-0.39, 0.29) is 23.7 Å². The van der Waals surface area contributed by atoms with E-state index >= 15 is 4.39 Å². The zero-order chi connectivity index (χ0) is 36.9. The molecule has 0 N–H and O–H groups in total. The van der Waals surface area contributed by atoms with Crippen molar-refractivity contribution in [1.82, 2.24) is 29.1 Å². The number of anilines is 1. The summed E-state index contributed by atoms with van der Waals surface area (Å²) >= 11 is 0. The Hall–Kier alpha value is -4.13.